The van der Waals surface area contributed by atoms with E-state index in [9.17, 15) is 0 Å². The Morgan fingerprint density at radius 1 is 0.941 bits per heavy atom. The fourth-order valence-corrected chi connectivity index (χ4v) is 0.589. The molecule has 0 aliphatic carbocycles. The molecule has 0 bridgehead atoms. The van der Waals surface area contributed by atoms with Gasteiger partial charge in [0.1, 0.15) is 0 Å². The fraction of sp³-hybridized carbons (Fsp3) is 0. The van der Waals surface area contributed by atoms with Gasteiger partial charge in [-0.05, 0) is 5.56 Å². The molecule has 0 unspecified atom stereocenters. The lowest BCUT2D eigenvalue weighted by atomic mass is 10.2. The summed E-state index contributed by atoms with van der Waals surface area (Å²) in [5.41, 5.74) is 1.17. The predicted molar refractivity (Wildman–Crippen MR) is 82.1 cm³/mol. The van der Waals surface area contributed by atoms with Crippen molar-refractivity contribution >= 4 is 17.7 Å². The van der Waals surface area contributed by atoms with Crippen LogP contribution in [-0.2, 0) is 0 Å². The predicted octanol–water partition coefficient (Wildman–Crippen LogP) is 5.61. The third kappa shape index (κ3) is 16.9. The van der Waals surface area contributed by atoms with Gasteiger partial charge >= 0.3 is 0 Å². The second-order valence-electron chi connectivity index (χ2n) is 2.74. The first kappa shape index (κ1) is 17.6. The minimum absolute atomic E-state index is 0.491. The Bertz CT molecular complexity index is 341. The van der Waals surface area contributed by atoms with Gasteiger partial charge in [0, 0.05) is 5.03 Å². The second-order valence-corrected chi connectivity index (χ2v) is 3.22. The van der Waals surface area contributed by atoms with Crippen LogP contribution in [0.5, 0.6) is 0 Å². The molecule has 0 saturated heterocycles. The van der Waals surface area contributed by atoms with E-state index in [1.54, 1.807) is 12.2 Å². The molecule has 1 aromatic rings. The summed E-state index contributed by atoms with van der Waals surface area (Å²) in [7, 11) is 0. The van der Waals surface area contributed by atoms with E-state index in [2.05, 4.69) is 32.9 Å². The molecule has 90 valence electrons. The Labute approximate surface area is 110 Å². The smallest absolute Gasteiger partial charge is 0.0328 e. The summed E-state index contributed by atoms with van der Waals surface area (Å²) in [5.74, 6) is 0. The fourth-order valence-electron chi connectivity index (χ4n) is 0.589. The average Bonchev–Trinajstić information content (AvgIpc) is 2.40. The monoisotopic (exact) mass is 246 g/mol. The number of rotatable bonds is 3. The topological polar surface area (TPSA) is 0 Å². The molecule has 0 aromatic heterocycles. The third-order valence-corrected chi connectivity index (χ3v) is 1.58. The van der Waals surface area contributed by atoms with E-state index in [1.807, 2.05) is 36.4 Å². The van der Waals surface area contributed by atoms with Crippen LogP contribution in [0.25, 0.3) is 6.08 Å². The van der Waals surface area contributed by atoms with E-state index < -0.39 is 0 Å². The van der Waals surface area contributed by atoms with Gasteiger partial charge < -0.3 is 0 Å². The maximum absolute atomic E-state index is 5.15. The first-order chi connectivity index (χ1) is 8.12. The Balaban J connectivity index is 0. The molecule has 0 atom stereocenters. The highest BCUT2D eigenvalue weighted by Gasteiger charge is 1.75. The van der Waals surface area contributed by atoms with Gasteiger partial charge in [-0.15, -0.1) is 0 Å². The molecule has 0 nitrogen and oxygen atoms in total. The van der Waals surface area contributed by atoms with E-state index in [4.69, 9.17) is 11.6 Å². The van der Waals surface area contributed by atoms with Crippen molar-refractivity contribution < 1.29 is 0 Å². The van der Waals surface area contributed by atoms with E-state index in [0.29, 0.717) is 5.03 Å². The highest BCUT2D eigenvalue weighted by molar-refractivity contribution is 6.30. The quantitative estimate of drug-likeness (QED) is 0.608. The zero-order valence-corrected chi connectivity index (χ0v) is 10.9. The van der Waals surface area contributed by atoms with Crippen molar-refractivity contribution in [3.63, 3.8) is 0 Å². The van der Waals surface area contributed by atoms with Crippen LogP contribution < -0.4 is 0 Å². The second kappa shape index (κ2) is 14.2. The first-order valence-electron chi connectivity index (χ1n) is 5.00. The van der Waals surface area contributed by atoms with Crippen molar-refractivity contribution in [3.05, 3.63) is 92.1 Å². The van der Waals surface area contributed by atoms with Crippen molar-refractivity contribution in [1.29, 1.82) is 0 Å². The van der Waals surface area contributed by atoms with Crippen molar-refractivity contribution in [1.82, 2.24) is 0 Å². The summed E-state index contributed by atoms with van der Waals surface area (Å²) >= 11 is 5.15. The molecule has 1 heteroatoms. The molecule has 0 aliphatic heterocycles. The van der Waals surface area contributed by atoms with Crippen molar-refractivity contribution in [2.45, 2.75) is 0 Å². The molecular formula is C16H19Cl. The van der Waals surface area contributed by atoms with Crippen LogP contribution >= 0.6 is 11.6 Å². The molecule has 17 heavy (non-hydrogen) atoms. The Hall–Kier alpha value is -1.79. The van der Waals surface area contributed by atoms with Gasteiger partial charge in [0.2, 0.25) is 0 Å². The number of hydrogen-bond acceptors (Lipinski definition) is 0. The highest BCUT2D eigenvalue weighted by Crippen LogP contribution is 1.97. The lowest BCUT2D eigenvalue weighted by Crippen LogP contribution is -1.63. The Kier molecular flexibility index (Phi) is 14.7. The maximum Gasteiger partial charge on any atom is 0.0328 e. The van der Waals surface area contributed by atoms with E-state index >= 15 is 0 Å². The van der Waals surface area contributed by atoms with Crippen molar-refractivity contribution in [2.75, 3.05) is 0 Å². The molecule has 0 fully saturated rings. The summed E-state index contributed by atoms with van der Waals surface area (Å²) in [6, 6.07) is 10.0. The minimum atomic E-state index is 0.491. The van der Waals surface area contributed by atoms with Crippen LogP contribution in [0.3, 0.4) is 0 Å². The molecule has 0 aliphatic rings. The standard InChI is InChI=1S/C8H8.C4H5Cl.C4H6/c1-2-8-6-4-3-5-7-8;1-3-4(2)5;1-3-4-2/h2-7H,1H2;3H,1-2H2;3-4H,1-2H2. The lowest BCUT2D eigenvalue weighted by Gasteiger charge is -1.85. The van der Waals surface area contributed by atoms with Gasteiger partial charge in [-0.25, -0.2) is 0 Å². The maximum atomic E-state index is 5.15. The van der Waals surface area contributed by atoms with Crippen molar-refractivity contribution in [2.24, 2.45) is 0 Å². The van der Waals surface area contributed by atoms with Crippen molar-refractivity contribution in [3.8, 4) is 0 Å². The van der Waals surface area contributed by atoms with E-state index in [-0.39, 0.29) is 0 Å². The number of hydrogen-bond donors (Lipinski definition) is 0. The SMILES string of the molecule is C=CC(=C)Cl.C=CC=C.C=Cc1ccccc1. The molecule has 0 saturated carbocycles. The lowest BCUT2D eigenvalue weighted by molar-refractivity contribution is 1.67. The van der Waals surface area contributed by atoms with Gasteiger partial charge in [0.15, 0.2) is 0 Å². The minimum Gasteiger partial charge on any atom is -0.0991 e. The number of benzene rings is 1. The largest absolute Gasteiger partial charge is 0.0991 e. The average molecular weight is 247 g/mol. The van der Waals surface area contributed by atoms with Crippen LogP contribution in [0.15, 0.2) is 86.5 Å². The summed E-state index contributed by atoms with van der Waals surface area (Å²) in [5, 5.41) is 0.491. The van der Waals surface area contributed by atoms with Crippen LogP contribution in [0.1, 0.15) is 5.56 Å². The molecule has 0 amide bonds. The Morgan fingerprint density at radius 2 is 1.35 bits per heavy atom. The zero-order valence-electron chi connectivity index (χ0n) is 10.1. The molecule has 0 N–H and O–H groups in total. The molecule has 0 heterocycles. The third-order valence-electron chi connectivity index (χ3n) is 1.42. The molecular weight excluding hydrogens is 228 g/mol. The summed E-state index contributed by atoms with van der Waals surface area (Å²) in [6.07, 6.45) is 6.60. The number of allylic oxidation sites excluding steroid dienone is 4. The van der Waals surface area contributed by atoms with Crippen LogP contribution in [-0.4, -0.2) is 0 Å². The van der Waals surface area contributed by atoms with Gasteiger partial charge in [-0.3, -0.25) is 0 Å². The van der Waals surface area contributed by atoms with Gasteiger partial charge in [-0.2, -0.15) is 0 Å². The van der Waals surface area contributed by atoms with Gasteiger partial charge in [0.25, 0.3) is 0 Å². The van der Waals surface area contributed by atoms with Crippen LogP contribution in [0.4, 0.5) is 0 Å². The van der Waals surface area contributed by atoms with Crippen LogP contribution in [0, 0.1) is 0 Å². The zero-order chi connectivity index (χ0) is 13.5. The van der Waals surface area contributed by atoms with Crippen LogP contribution in [0.2, 0.25) is 0 Å². The van der Waals surface area contributed by atoms with Gasteiger partial charge in [-0.1, -0.05) is 99.1 Å². The highest BCUT2D eigenvalue weighted by atomic mass is 35.5. The molecule has 0 radical (unpaired) electrons. The summed E-state index contributed by atoms with van der Waals surface area (Å²) in [4.78, 5) is 0. The Morgan fingerprint density at radius 3 is 1.53 bits per heavy atom. The molecule has 0 spiro atoms. The molecule has 1 rings (SSSR count). The normalized spacial score (nSPS) is 7.12. The van der Waals surface area contributed by atoms with Gasteiger partial charge in [0.05, 0.1) is 0 Å². The first-order valence-corrected chi connectivity index (χ1v) is 5.37. The summed E-state index contributed by atoms with van der Waals surface area (Å²) < 4.78 is 0. The van der Waals surface area contributed by atoms with E-state index in [1.165, 1.54) is 11.6 Å². The molecule has 1 aromatic carbocycles. The van der Waals surface area contributed by atoms with E-state index in [0.717, 1.165) is 0 Å². The number of halogens is 1. The summed E-state index contributed by atoms with van der Waals surface area (Å²) in [6.45, 7) is 17.0.